The molecule has 0 saturated carbocycles. The van der Waals surface area contributed by atoms with Crippen molar-refractivity contribution in [2.45, 2.75) is 11.1 Å². The van der Waals surface area contributed by atoms with E-state index in [0.717, 1.165) is 17.4 Å². The third kappa shape index (κ3) is 4.31. The summed E-state index contributed by atoms with van der Waals surface area (Å²) in [5.41, 5.74) is -0.0904. The number of amides is 1. The van der Waals surface area contributed by atoms with Gasteiger partial charge in [-0.05, 0) is 36.6 Å². The van der Waals surface area contributed by atoms with Crippen LogP contribution in [0.3, 0.4) is 0 Å². The molecule has 0 aliphatic heterocycles. The second-order valence-corrected chi connectivity index (χ2v) is 9.19. The predicted molar refractivity (Wildman–Crippen MR) is 112 cm³/mol. The topological polar surface area (TPSA) is 110 Å². The number of thiophene rings is 1. The Morgan fingerprint density at radius 3 is 2.53 bits per heavy atom. The number of sulfonamides is 1. The molecule has 0 unspecified atom stereocenters. The Labute approximate surface area is 175 Å². The van der Waals surface area contributed by atoms with Gasteiger partial charge in [-0.25, -0.2) is 12.8 Å². The Morgan fingerprint density at radius 1 is 1.17 bits per heavy atom. The molecule has 0 spiro atoms. The monoisotopic (exact) mass is 449 g/mol. The van der Waals surface area contributed by atoms with Crippen molar-refractivity contribution >= 4 is 44.3 Å². The Hall–Kier alpha value is -3.31. The maximum Gasteiger partial charge on any atom is 0.274 e. The number of benzene rings is 2. The summed E-state index contributed by atoms with van der Waals surface area (Å²) >= 11 is 0.939. The number of hydrogen-bond donors (Lipinski definition) is 1. The van der Waals surface area contributed by atoms with Gasteiger partial charge in [-0.15, -0.1) is 11.3 Å². The fourth-order valence-corrected chi connectivity index (χ4v) is 5.28. The van der Waals surface area contributed by atoms with Crippen molar-refractivity contribution in [2.75, 3.05) is 16.2 Å². The van der Waals surface area contributed by atoms with Gasteiger partial charge in [-0.2, -0.15) is 0 Å². The molecule has 3 rings (SSSR count). The molecule has 0 atom stereocenters. The Balaban J connectivity index is 1.95. The van der Waals surface area contributed by atoms with Crippen LogP contribution in [0.4, 0.5) is 21.5 Å². The van der Waals surface area contributed by atoms with E-state index < -0.39 is 33.2 Å². The van der Waals surface area contributed by atoms with Gasteiger partial charge in [0.05, 0.1) is 21.9 Å². The van der Waals surface area contributed by atoms with Crippen molar-refractivity contribution < 1.29 is 22.5 Å². The molecule has 0 saturated heterocycles. The predicted octanol–water partition coefficient (Wildman–Crippen LogP) is 3.94. The van der Waals surface area contributed by atoms with Gasteiger partial charge in [0.25, 0.3) is 15.7 Å². The number of nitrogens with one attached hydrogen (secondary N) is 1. The highest BCUT2D eigenvalue weighted by Crippen LogP contribution is 2.29. The summed E-state index contributed by atoms with van der Waals surface area (Å²) in [6.07, 6.45) is 0. The first-order valence-corrected chi connectivity index (χ1v) is 10.9. The summed E-state index contributed by atoms with van der Waals surface area (Å²) in [4.78, 5) is 23.2. The first-order valence-electron chi connectivity index (χ1n) is 8.56. The summed E-state index contributed by atoms with van der Waals surface area (Å²) < 4.78 is 41.1. The molecule has 2 aromatic carbocycles. The quantitative estimate of drug-likeness (QED) is 0.434. The number of hydrogen-bond acceptors (Lipinski definition) is 6. The highest BCUT2D eigenvalue weighted by molar-refractivity contribution is 7.94. The lowest BCUT2D eigenvalue weighted by atomic mass is 10.1. The molecule has 3 aromatic rings. The molecule has 0 bridgehead atoms. The van der Waals surface area contributed by atoms with Crippen LogP contribution in [0.2, 0.25) is 0 Å². The maximum atomic E-state index is 14.4. The zero-order chi connectivity index (χ0) is 21.9. The second-order valence-electron chi connectivity index (χ2n) is 6.15. The van der Waals surface area contributed by atoms with Gasteiger partial charge in [0.2, 0.25) is 5.91 Å². The summed E-state index contributed by atoms with van der Waals surface area (Å²) in [5, 5.41) is 15.1. The molecular formula is C19H16FN3O5S2. The number of carbonyl (C=O) groups is 1. The average Bonchev–Trinajstić information content (AvgIpc) is 3.24. The summed E-state index contributed by atoms with van der Waals surface area (Å²) in [5.74, 6) is -1.58. The molecule has 1 heterocycles. The van der Waals surface area contributed by atoms with E-state index in [4.69, 9.17) is 0 Å². The molecule has 1 amide bonds. The van der Waals surface area contributed by atoms with E-state index in [0.29, 0.717) is 4.31 Å². The molecule has 0 radical (unpaired) electrons. The van der Waals surface area contributed by atoms with Gasteiger partial charge >= 0.3 is 0 Å². The van der Waals surface area contributed by atoms with Crippen molar-refractivity contribution in [2.24, 2.45) is 0 Å². The van der Waals surface area contributed by atoms with E-state index in [1.54, 1.807) is 5.38 Å². The van der Waals surface area contributed by atoms with Gasteiger partial charge in [0.1, 0.15) is 16.6 Å². The van der Waals surface area contributed by atoms with Crippen LogP contribution < -0.4 is 9.62 Å². The molecule has 0 aliphatic rings. The Kier molecular flexibility index (Phi) is 6.13. The zero-order valence-electron chi connectivity index (χ0n) is 15.6. The third-order valence-corrected chi connectivity index (χ3v) is 7.36. The van der Waals surface area contributed by atoms with Crippen molar-refractivity contribution in [1.82, 2.24) is 0 Å². The zero-order valence-corrected chi connectivity index (χ0v) is 17.2. The number of anilines is 2. The van der Waals surface area contributed by atoms with E-state index in [1.165, 1.54) is 55.5 Å². The standard InChI is InChI=1S/C19H16FN3O5S2/c1-13-15(7-4-9-16(13)23(25)26)21-18(24)12-22(17-8-3-2-6-14(17)20)30(27,28)19-10-5-11-29-19/h2-11H,12H2,1H3,(H,21,24). The Morgan fingerprint density at radius 2 is 1.90 bits per heavy atom. The number of nitro benzene ring substituents is 1. The molecule has 156 valence electrons. The molecule has 8 nitrogen and oxygen atoms in total. The lowest BCUT2D eigenvalue weighted by molar-refractivity contribution is -0.385. The molecule has 0 aliphatic carbocycles. The van der Waals surface area contributed by atoms with Gasteiger partial charge < -0.3 is 5.32 Å². The van der Waals surface area contributed by atoms with E-state index in [2.05, 4.69) is 5.32 Å². The average molecular weight is 449 g/mol. The van der Waals surface area contributed by atoms with Crippen LogP contribution in [-0.2, 0) is 14.8 Å². The lowest BCUT2D eigenvalue weighted by Crippen LogP contribution is -2.38. The van der Waals surface area contributed by atoms with Crippen LogP contribution in [0.5, 0.6) is 0 Å². The minimum absolute atomic E-state index is 0.0508. The highest BCUT2D eigenvalue weighted by Gasteiger charge is 2.30. The number of rotatable bonds is 7. The Bertz CT molecular complexity index is 1200. The normalized spacial score (nSPS) is 11.1. The third-order valence-electron chi connectivity index (χ3n) is 4.22. The van der Waals surface area contributed by atoms with Gasteiger partial charge in [-0.3, -0.25) is 19.2 Å². The van der Waals surface area contributed by atoms with Gasteiger partial charge in [0, 0.05) is 6.07 Å². The van der Waals surface area contributed by atoms with Crippen LogP contribution in [-0.4, -0.2) is 25.8 Å². The maximum absolute atomic E-state index is 14.4. The fourth-order valence-electron chi connectivity index (χ4n) is 2.75. The van der Waals surface area contributed by atoms with Crippen molar-refractivity contribution in [1.29, 1.82) is 0 Å². The summed E-state index contributed by atoms with van der Waals surface area (Å²) in [7, 11) is -4.21. The SMILES string of the molecule is Cc1c(NC(=O)CN(c2ccccc2F)S(=O)(=O)c2cccs2)cccc1[N+](=O)[O-]. The van der Waals surface area contributed by atoms with E-state index in [9.17, 15) is 27.7 Å². The molecular weight excluding hydrogens is 433 g/mol. The van der Waals surface area contributed by atoms with E-state index in [1.807, 2.05) is 0 Å². The molecule has 30 heavy (non-hydrogen) atoms. The van der Waals surface area contributed by atoms with Gasteiger partial charge in [-0.1, -0.05) is 24.3 Å². The van der Waals surface area contributed by atoms with Crippen LogP contribution in [0.25, 0.3) is 0 Å². The minimum Gasteiger partial charge on any atom is -0.324 e. The molecule has 1 aromatic heterocycles. The number of nitro groups is 1. The first-order chi connectivity index (χ1) is 14.2. The van der Waals surface area contributed by atoms with Crippen LogP contribution in [0.1, 0.15) is 5.56 Å². The largest absolute Gasteiger partial charge is 0.324 e. The molecule has 0 fully saturated rings. The molecule has 11 heteroatoms. The van der Waals surface area contributed by atoms with Gasteiger partial charge in [0.15, 0.2) is 0 Å². The number of carbonyl (C=O) groups excluding carboxylic acids is 1. The second kappa shape index (κ2) is 8.59. The van der Waals surface area contributed by atoms with Crippen LogP contribution in [0, 0.1) is 22.9 Å². The number of halogens is 1. The number of para-hydroxylation sites is 1. The van der Waals surface area contributed by atoms with Crippen LogP contribution >= 0.6 is 11.3 Å². The molecule has 1 N–H and O–H groups in total. The lowest BCUT2D eigenvalue weighted by Gasteiger charge is -2.23. The first kappa shape index (κ1) is 21.4. The minimum atomic E-state index is -4.21. The fraction of sp³-hybridized carbons (Fsp3) is 0.105. The number of nitrogens with zero attached hydrogens (tertiary/aromatic N) is 2. The van der Waals surface area contributed by atoms with E-state index in [-0.39, 0.29) is 26.8 Å². The van der Waals surface area contributed by atoms with Crippen molar-refractivity contribution in [3.8, 4) is 0 Å². The van der Waals surface area contributed by atoms with Crippen LogP contribution in [0.15, 0.2) is 64.2 Å². The van der Waals surface area contributed by atoms with E-state index >= 15 is 0 Å². The van der Waals surface area contributed by atoms with Crippen molar-refractivity contribution in [3.63, 3.8) is 0 Å². The smallest absolute Gasteiger partial charge is 0.274 e. The highest BCUT2D eigenvalue weighted by atomic mass is 32.2. The van der Waals surface area contributed by atoms with Crippen molar-refractivity contribution in [3.05, 3.63) is 81.5 Å². The summed E-state index contributed by atoms with van der Waals surface area (Å²) in [6, 6.07) is 12.2. The summed E-state index contributed by atoms with van der Waals surface area (Å²) in [6.45, 7) is 0.744.